The highest BCUT2D eigenvalue weighted by Crippen LogP contribution is 2.25. The molecule has 97 valence electrons. The van der Waals surface area contributed by atoms with E-state index in [1.54, 1.807) is 0 Å². The summed E-state index contributed by atoms with van der Waals surface area (Å²) in [7, 11) is -0.0502. The third-order valence-corrected chi connectivity index (χ3v) is 6.28. The predicted octanol–water partition coefficient (Wildman–Crippen LogP) is 4.52. The van der Waals surface area contributed by atoms with Gasteiger partial charge < -0.3 is 5.11 Å². The van der Waals surface area contributed by atoms with Crippen molar-refractivity contribution in [2.24, 2.45) is 0 Å². The van der Waals surface area contributed by atoms with E-state index in [0.717, 1.165) is 16.5 Å². The highest BCUT2D eigenvalue weighted by atomic mass is 79.9. The molecule has 1 rings (SSSR count). The number of rotatable bonds is 2. The lowest BCUT2D eigenvalue weighted by molar-refractivity contribution is 0.299. The zero-order chi connectivity index (χ0) is 13.5. The molecule has 0 aliphatic rings. The first-order chi connectivity index (χ1) is 7.77. The number of benzene rings is 1. The molecule has 0 aliphatic carbocycles. The van der Waals surface area contributed by atoms with Crippen LogP contribution < -0.4 is 0 Å². The maximum Gasteiger partial charge on any atom is 0.0471 e. The zero-order valence-corrected chi connectivity index (χ0v) is 14.1. The summed E-state index contributed by atoms with van der Waals surface area (Å²) in [5.41, 5.74) is 1.16. The molecule has 1 aromatic carbocycles. The topological polar surface area (TPSA) is 20.2 Å². The van der Waals surface area contributed by atoms with Crippen LogP contribution in [0.25, 0.3) is 0 Å². The van der Waals surface area contributed by atoms with Gasteiger partial charge in [-0.2, -0.15) is 0 Å². The predicted molar refractivity (Wildman–Crippen MR) is 82.1 cm³/mol. The molecule has 3 heteroatoms. The first-order valence-electron chi connectivity index (χ1n) is 5.93. The van der Waals surface area contributed by atoms with Crippen LogP contribution in [0.4, 0.5) is 0 Å². The fourth-order valence-corrected chi connectivity index (χ4v) is 1.27. The van der Waals surface area contributed by atoms with Crippen LogP contribution in [0.2, 0.25) is 18.1 Å². The van der Waals surface area contributed by atoms with Crippen LogP contribution >= 0.6 is 15.9 Å². The quantitative estimate of drug-likeness (QED) is 0.795. The Bertz CT molecular complexity index is 318. The van der Waals surface area contributed by atoms with Crippen molar-refractivity contribution < 1.29 is 5.11 Å². The summed E-state index contributed by atoms with van der Waals surface area (Å²) in [6, 6.07) is 7.95. The molecule has 0 saturated heterocycles. The number of aliphatic hydroxyl groups excluding tert-OH is 1. The van der Waals surface area contributed by atoms with Crippen molar-refractivity contribution in [3.8, 4) is 0 Å². The second kappa shape index (κ2) is 8.06. The standard InChI is InChI=1S/C8H9BrO.C6H15Si/c9-8-3-1-2-7(6-8)4-5-10;1-6(2,3)7(4)5/h1-3,6,10H,4-5H2;1-5H3. The number of aliphatic hydroxyl groups is 1. The summed E-state index contributed by atoms with van der Waals surface area (Å²) < 4.78 is 1.07. The first-order valence-corrected chi connectivity index (χ1v) is 9.22. The van der Waals surface area contributed by atoms with Gasteiger partial charge in [-0.25, -0.2) is 0 Å². The molecule has 1 aromatic rings. The van der Waals surface area contributed by atoms with E-state index < -0.39 is 0 Å². The van der Waals surface area contributed by atoms with Gasteiger partial charge in [0.15, 0.2) is 0 Å². The third kappa shape index (κ3) is 8.58. The van der Waals surface area contributed by atoms with Gasteiger partial charge in [0.1, 0.15) is 0 Å². The lowest BCUT2D eigenvalue weighted by Gasteiger charge is -2.20. The normalized spacial score (nSPS) is 11.1. The van der Waals surface area contributed by atoms with Gasteiger partial charge in [0, 0.05) is 19.9 Å². The molecular weight excluding hydrogens is 292 g/mol. The van der Waals surface area contributed by atoms with Crippen molar-refractivity contribution in [3.63, 3.8) is 0 Å². The van der Waals surface area contributed by atoms with Crippen LogP contribution in [0.15, 0.2) is 28.7 Å². The minimum absolute atomic E-state index is 0.0502. The largest absolute Gasteiger partial charge is 0.396 e. The molecule has 1 N–H and O–H groups in total. The molecule has 0 amide bonds. The molecule has 0 bridgehead atoms. The fraction of sp³-hybridized carbons (Fsp3) is 0.571. The van der Waals surface area contributed by atoms with E-state index >= 15 is 0 Å². The highest BCUT2D eigenvalue weighted by molar-refractivity contribution is 9.10. The molecule has 0 atom stereocenters. The Morgan fingerprint density at radius 3 is 2.12 bits per heavy atom. The molecule has 0 fully saturated rings. The van der Waals surface area contributed by atoms with Crippen LogP contribution in [-0.2, 0) is 6.42 Å². The van der Waals surface area contributed by atoms with Gasteiger partial charge in [-0.3, -0.25) is 0 Å². The molecule has 1 radical (unpaired) electrons. The summed E-state index contributed by atoms with van der Waals surface area (Å²) in [5.74, 6) is 0. The SMILES string of the molecule is C[Si](C)C(C)(C)C.OCCc1cccc(Br)c1. The molecule has 0 saturated carbocycles. The van der Waals surface area contributed by atoms with E-state index in [1.807, 2.05) is 24.3 Å². The monoisotopic (exact) mass is 315 g/mol. The van der Waals surface area contributed by atoms with Crippen LogP contribution in [0, 0.1) is 0 Å². The van der Waals surface area contributed by atoms with Gasteiger partial charge in [0.05, 0.1) is 0 Å². The number of hydrogen-bond donors (Lipinski definition) is 1. The highest BCUT2D eigenvalue weighted by Gasteiger charge is 2.15. The van der Waals surface area contributed by atoms with E-state index in [1.165, 1.54) is 0 Å². The molecule has 0 unspecified atom stereocenters. The second-order valence-electron chi connectivity index (χ2n) is 5.35. The lowest BCUT2D eigenvalue weighted by atomic mass is 10.2. The van der Waals surface area contributed by atoms with Crippen molar-refractivity contribution in [2.75, 3.05) is 6.61 Å². The molecular formula is C14H24BrOSi. The Hall–Kier alpha value is -0.123. The third-order valence-electron chi connectivity index (χ3n) is 2.79. The van der Waals surface area contributed by atoms with E-state index in [9.17, 15) is 0 Å². The Morgan fingerprint density at radius 1 is 1.24 bits per heavy atom. The van der Waals surface area contributed by atoms with Gasteiger partial charge >= 0.3 is 0 Å². The average Bonchev–Trinajstić information content (AvgIpc) is 2.17. The van der Waals surface area contributed by atoms with Crippen molar-refractivity contribution in [3.05, 3.63) is 34.3 Å². The molecule has 0 spiro atoms. The van der Waals surface area contributed by atoms with Gasteiger partial charge in [0.2, 0.25) is 0 Å². The van der Waals surface area contributed by atoms with Gasteiger partial charge in [0.25, 0.3) is 0 Å². The molecule has 0 heterocycles. The van der Waals surface area contributed by atoms with E-state index in [4.69, 9.17) is 5.11 Å². The summed E-state index contributed by atoms with van der Waals surface area (Å²) in [4.78, 5) is 0. The smallest absolute Gasteiger partial charge is 0.0471 e. The minimum Gasteiger partial charge on any atom is -0.396 e. The first kappa shape index (κ1) is 16.9. The number of hydrogen-bond acceptors (Lipinski definition) is 1. The van der Waals surface area contributed by atoms with Gasteiger partial charge in [-0.1, -0.05) is 61.9 Å². The molecule has 0 aromatic heterocycles. The maximum atomic E-state index is 8.60. The number of halogens is 1. The van der Waals surface area contributed by atoms with Crippen LogP contribution in [0.1, 0.15) is 26.3 Å². The van der Waals surface area contributed by atoms with Crippen molar-refractivity contribution in [1.29, 1.82) is 0 Å². The Morgan fingerprint density at radius 2 is 1.76 bits per heavy atom. The van der Waals surface area contributed by atoms with E-state index in [2.05, 4.69) is 49.8 Å². The van der Waals surface area contributed by atoms with Gasteiger partial charge in [-0.05, 0) is 29.2 Å². The second-order valence-corrected chi connectivity index (χ2v) is 9.77. The lowest BCUT2D eigenvalue weighted by Crippen LogP contribution is -2.16. The molecule has 0 aliphatic heterocycles. The fourth-order valence-electron chi connectivity index (χ4n) is 0.822. The van der Waals surface area contributed by atoms with Crippen LogP contribution in [0.3, 0.4) is 0 Å². The maximum absolute atomic E-state index is 8.60. The Balaban J connectivity index is 0.000000325. The summed E-state index contributed by atoms with van der Waals surface area (Å²) in [5, 5.41) is 9.20. The summed E-state index contributed by atoms with van der Waals surface area (Å²) in [6.45, 7) is 11.8. The van der Waals surface area contributed by atoms with Crippen molar-refractivity contribution >= 4 is 24.7 Å². The molecule has 17 heavy (non-hydrogen) atoms. The van der Waals surface area contributed by atoms with E-state index in [0.29, 0.717) is 5.04 Å². The van der Waals surface area contributed by atoms with Crippen molar-refractivity contribution in [2.45, 2.75) is 45.3 Å². The van der Waals surface area contributed by atoms with Crippen molar-refractivity contribution in [1.82, 2.24) is 0 Å². The van der Waals surface area contributed by atoms with E-state index in [-0.39, 0.29) is 15.4 Å². The van der Waals surface area contributed by atoms with Crippen LogP contribution in [-0.4, -0.2) is 20.5 Å². The summed E-state index contributed by atoms with van der Waals surface area (Å²) in [6.07, 6.45) is 0.736. The average molecular weight is 316 g/mol. The van der Waals surface area contributed by atoms with Gasteiger partial charge in [-0.15, -0.1) is 0 Å². The Labute approximate surface area is 116 Å². The van der Waals surface area contributed by atoms with Crippen LogP contribution in [0.5, 0.6) is 0 Å². The zero-order valence-electron chi connectivity index (χ0n) is 11.5. The minimum atomic E-state index is -0.0502. The Kier molecular flexibility index (Phi) is 8.00. The summed E-state index contributed by atoms with van der Waals surface area (Å²) >= 11 is 3.35. The molecule has 1 nitrogen and oxygen atoms in total.